The molecule has 2 spiro atoms. The SMILES string of the molecule is CCN(CC1CCCC1CN1CC2(C1)CN(C1CC3(CCN(CC4CCN(c5cc(C(C(=O)N6CCCC6C)C(C)C)on5)CC4)CC3)C1)CCO2)C(/C=C(\N)c1ccccc1O)=C(N)N. The van der Waals surface area contributed by atoms with E-state index in [2.05, 4.69) is 68.3 Å². The lowest BCUT2D eigenvalue weighted by atomic mass is 9.59. The van der Waals surface area contributed by atoms with Gasteiger partial charge in [0.05, 0.1) is 12.3 Å². The summed E-state index contributed by atoms with van der Waals surface area (Å²) in [6.07, 6.45) is 15.4. The van der Waals surface area contributed by atoms with Gasteiger partial charge in [-0.05, 0) is 138 Å². The van der Waals surface area contributed by atoms with Crippen LogP contribution in [0.15, 0.2) is 52.4 Å². The van der Waals surface area contributed by atoms with E-state index >= 15 is 0 Å². The van der Waals surface area contributed by atoms with Crippen LogP contribution in [0.1, 0.15) is 116 Å². The summed E-state index contributed by atoms with van der Waals surface area (Å²) in [6, 6.07) is 10.2. The summed E-state index contributed by atoms with van der Waals surface area (Å²) < 4.78 is 12.5. The number of aromatic nitrogens is 1. The number of likely N-dealkylation sites (N-methyl/N-ethyl adjacent to an activating group) is 1. The average molecular weight is 911 g/mol. The van der Waals surface area contributed by atoms with E-state index in [0.29, 0.717) is 40.6 Å². The molecule has 9 rings (SSSR count). The number of morpholine rings is 1. The summed E-state index contributed by atoms with van der Waals surface area (Å²) in [5.41, 5.74) is 21.3. The fourth-order valence-corrected chi connectivity index (χ4v) is 13.5. The molecule has 5 saturated heterocycles. The van der Waals surface area contributed by atoms with Gasteiger partial charge in [0.15, 0.2) is 11.6 Å². The number of nitrogens with two attached hydrogens (primary N) is 3. The van der Waals surface area contributed by atoms with Crippen LogP contribution in [0.4, 0.5) is 5.82 Å². The van der Waals surface area contributed by atoms with Gasteiger partial charge in [0.2, 0.25) is 5.91 Å². The van der Waals surface area contributed by atoms with Gasteiger partial charge in [-0.15, -0.1) is 0 Å². The van der Waals surface area contributed by atoms with Gasteiger partial charge in [-0.2, -0.15) is 0 Å². The first kappa shape index (κ1) is 47.1. The van der Waals surface area contributed by atoms with Crippen molar-refractivity contribution in [3.05, 3.63) is 59.2 Å². The Morgan fingerprint density at radius 2 is 1.67 bits per heavy atom. The van der Waals surface area contributed by atoms with Crippen LogP contribution in [0.25, 0.3) is 5.70 Å². The molecule has 2 aliphatic carbocycles. The van der Waals surface area contributed by atoms with Gasteiger partial charge >= 0.3 is 0 Å². The van der Waals surface area contributed by atoms with E-state index < -0.39 is 0 Å². The molecule has 364 valence electrons. The monoisotopic (exact) mass is 911 g/mol. The third-order valence-corrected chi connectivity index (χ3v) is 17.4. The number of anilines is 1. The van der Waals surface area contributed by atoms with Crippen molar-refractivity contribution in [1.82, 2.24) is 29.7 Å². The number of benzene rings is 1. The van der Waals surface area contributed by atoms with E-state index in [1.54, 1.807) is 12.1 Å². The van der Waals surface area contributed by atoms with Crippen molar-refractivity contribution in [3.8, 4) is 5.75 Å². The molecule has 2 saturated carbocycles. The Labute approximate surface area is 394 Å². The number of carbonyl (C=O) groups excluding carboxylic acids is 1. The summed E-state index contributed by atoms with van der Waals surface area (Å²) >= 11 is 0. The summed E-state index contributed by atoms with van der Waals surface area (Å²) in [4.78, 5) is 28.5. The highest BCUT2D eigenvalue weighted by molar-refractivity contribution is 5.84. The highest BCUT2D eigenvalue weighted by Gasteiger charge is 2.53. The molecule has 1 aromatic carbocycles. The van der Waals surface area contributed by atoms with Gasteiger partial charge in [0.25, 0.3) is 0 Å². The molecule has 14 nitrogen and oxygen atoms in total. The van der Waals surface area contributed by atoms with E-state index in [-0.39, 0.29) is 34.9 Å². The fraction of sp³-hybridized carbons (Fsp3) is 0.731. The molecular weight excluding hydrogens is 829 g/mol. The maximum Gasteiger partial charge on any atom is 0.233 e. The van der Waals surface area contributed by atoms with Gasteiger partial charge in [0, 0.05) is 101 Å². The molecule has 6 heterocycles. The second-order valence-corrected chi connectivity index (χ2v) is 22.2. The Kier molecular flexibility index (Phi) is 14.2. The van der Waals surface area contributed by atoms with E-state index in [1.165, 1.54) is 77.4 Å². The maximum absolute atomic E-state index is 13.6. The summed E-state index contributed by atoms with van der Waals surface area (Å²) in [5, 5.41) is 14.9. The molecule has 0 bridgehead atoms. The molecule has 4 atom stereocenters. The molecule has 0 radical (unpaired) electrons. The van der Waals surface area contributed by atoms with Crippen molar-refractivity contribution >= 4 is 17.4 Å². The van der Waals surface area contributed by atoms with Gasteiger partial charge < -0.3 is 51.2 Å². The Morgan fingerprint density at radius 1 is 0.924 bits per heavy atom. The maximum atomic E-state index is 13.6. The number of likely N-dealkylation sites (tertiary alicyclic amines) is 3. The molecule has 2 aromatic rings. The number of piperidine rings is 2. The van der Waals surface area contributed by atoms with Crippen LogP contribution >= 0.6 is 0 Å². The first-order chi connectivity index (χ1) is 31.8. The van der Waals surface area contributed by atoms with Crippen LogP contribution < -0.4 is 22.1 Å². The minimum absolute atomic E-state index is 0.0175. The Morgan fingerprint density at radius 3 is 2.35 bits per heavy atom. The number of hydrogen-bond acceptors (Lipinski definition) is 13. The molecule has 5 aliphatic heterocycles. The number of amides is 1. The Bertz CT molecular complexity index is 2020. The zero-order valence-corrected chi connectivity index (χ0v) is 40.7. The average Bonchev–Trinajstić information content (AvgIpc) is 4.06. The number of ether oxygens (including phenoxy) is 1. The minimum Gasteiger partial charge on any atom is -0.507 e. The Balaban J connectivity index is 0.690. The van der Waals surface area contributed by atoms with Crippen LogP contribution in [0.5, 0.6) is 5.75 Å². The number of hydrogen-bond donors (Lipinski definition) is 4. The molecule has 4 unspecified atom stereocenters. The third kappa shape index (κ3) is 10.1. The molecule has 14 heteroatoms. The summed E-state index contributed by atoms with van der Waals surface area (Å²) in [6.45, 7) is 22.9. The lowest BCUT2D eigenvalue weighted by molar-refractivity contribution is -0.203. The molecule has 1 aromatic heterocycles. The van der Waals surface area contributed by atoms with Crippen LogP contribution in [0.2, 0.25) is 0 Å². The minimum atomic E-state index is -0.270. The quantitative estimate of drug-likeness (QED) is 0.158. The van der Waals surface area contributed by atoms with Crippen molar-refractivity contribution < 1.29 is 19.2 Å². The topological polar surface area (TPSA) is 170 Å². The van der Waals surface area contributed by atoms with Gasteiger partial charge in [-0.25, -0.2) is 0 Å². The van der Waals surface area contributed by atoms with Gasteiger partial charge in [-0.3, -0.25) is 14.6 Å². The number of phenols is 1. The van der Waals surface area contributed by atoms with Gasteiger partial charge in [-0.1, -0.05) is 37.6 Å². The molecule has 66 heavy (non-hydrogen) atoms. The molecule has 7 aliphatic rings. The van der Waals surface area contributed by atoms with Crippen LogP contribution in [0, 0.1) is 29.1 Å². The van der Waals surface area contributed by atoms with Crippen molar-refractivity contribution in [1.29, 1.82) is 0 Å². The highest BCUT2D eigenvalue weighted by Crippen LogP contribution is 2.52. The molecular formula is C52H82N10O4. The second-order valence-electron chi connectivity index (χ2n) is 22.2. The Hall–Kier alpha value is -3.98. The number of nitrogens with zero attached hydrogens (tertiary/aromatic N) is 7. The van der Waals surface area contributed by atoms with Crippen molar-refractivity contribution in [2.45, 2.75) is 122 Å². The number of carbonyl (C=O) groups is 1. The molecule has 7 N–H and O–H groups in total. The van der Waals surface area contributed by atoms with E-state index in [9.17, 15) is 9.90 Å². The zero-order chi connectivity index (χ0) is 46.2. The molecule has 7 fully saturated rings. The first-order valence-electron chi connectivity index (χ1n) is 25.9. The first-order valence-corrected chi connectivity index (χ1v) is 25.9. The second kappa shape index (κ2) is 19.9. The number of phenolic OH excluding ortho intramolecular Hbond substituents is 1. The van der Waals surface area contributed by atoms with Crippen LogP contribution in [-0.2, 0) is 9.53 Å². The predicted octanol–water partition coefficient (Wildman–Crippen LogP) is 5.80. The predicted molar refractivity (Wildman–Crippen MR) is 261 cm³/mol. The van der Waals surface area contributed by atoms with Crippen LogP contribution in [-0.4, -0.2) is 150 Å². The highest BCUT2D eigenvalue weighted by atomic mass is 16.5. The third-order valence-electron chi connectivity index (χ3n) is 17.4. The van der Waals surface area contributed by atoms with Gasteiger partial charge in [0.1, 0.15) is 23.1 Å². The number of allylic oxidation sites excluding steroid dienone is 1. The van der Waals surface area contributed by atoms with Crippen molar-refractivity contribution in [3.63, 3.8) is 0 Å². The summed E-state index contributed by atoms with van der Waals surface area (Å²) in [7, 11) is 0. The van der Waals surface area contributed by atoms with E-state index in [1.807, 2.05) is 18.2 Å². The molecule has 1 amide bonds. The largest absolute Gasteiger partial charge is 0.507 e. The van der Waals surface area contributed by atoms with Crippen LogP contribution in [0.3, 0.4) is 0 Å². The fourth-order valence-electron chi connectivity index (χ4n) is 13.5. The lowest BCUT2D eigenvalue weighted by Crippen LogP contribution is -2.72. The lowest BCUT2D eigenvalue weighted by Gasteiger charge is -2.60. The van der Waals surface area contributed by atoms with E-state index in [4.69, 9.17) is 26.5 Å². The summed E-state index contributed by atoms with van der Waals surface area (Å²) in [5.74, 6) is 4.00. The van der Waals surface area contributed by atoms with Crippen molar-refractivity contribution in [2.75, 3.05) is 96.6 Å². The number of para-hydroxylation sites is 1. The zero-order valence-electron chi connectivity index (χ0n) is 40.7. The standard InChI is InChI=1S/C52H82N10O4/c1-5-59(44(49(54)55)26-43(53)42-13-6-7-14-45(42)63)32-40-12-8-11-39(40)31-58-33-52(34-58)35-61(24-25-65-52)41-28-51(29-41)17-22-57(23-18-51)30-38-15-20-60(21-16-38)47-27-46(66-56-47)48(36(2)3)50(64)62-19-9-10-37(62)4/h6-7,13-14,26-27,36-41,48,63H,5,8-12,15-25,28-35,53-55H2,1-4H3/b43-26-. The normalized spacial score (nSPS) is 27.1. The van der Waals surface area contributed by atoms with Crippen molar-refractivity contribution in [2.24, 2.45) is 46.3 Å². The van der Waals surface area contributed by atoms with E-state index in [0.717, 1.165) is 108 Å². The number of rotatable bonds is 15. The smallest absolute Gasteiger partial charge is 0.233 e. The number of aromatic hydroxyl groups is 1.